The summed E-state index contributed by atoms with van der Waals surface area (Å²) in [7, 11) is -3.84. The number of carboxylic acids is 1. The second-order valence-corrected chi connectivity index (χ2v) is 8.73. The number of nitrogens with one attached hydrogen (secondary N) is 3. The lowest BCUT2D eigenvalue weighted by atomic mass is 10.1. The molecule has 0 spiro atoms. The highest BCUT2D eigenvalue weighted by molar-refractivity contribution is 7.89. The third-order valence-electron chi connectivity index (χ3n) is 4.24. The van der Waals surface area contributed by atoms with Crippen molar-refractivity contribution in [3.8, 4) is 0 Å². The molecule has 1 saturated heterocycles. The number of rotatable bonds is 14. The predicted octanol–water partition coefficient (Wildman–Crippen LogP) is -2.75. The number of aliphatic carboxylic acids is 1. The van der Waals surface area contributed by atoms with Crippen LogP contribution in [-0.4, -0.2) is 85.7 Å². The summed E-state index contributed by atoms with van der Waals surface area (Å²) in [4.78, 5) is 52.1. The third kappa shape index (κ3) is 9.17. The Bertz CT molecular complexity index is 811. The maximum atomic E-state index is 12.3. The van der Waals surface area contributed by atoms with E-state index in [1.54, 1.807) is 6.92 Å². The summed E-state index contributed by atoms with van der Waals surface area (Å²) < 4.78 is 25.8. The summed E-state index contributed by atoms with van der Waals surface area (Å²) in [5.41, 5.74) is 10.4. The number of guanidine groups is 1. The lowest BCUT2D eigenvalue weighted by Gasteiger charge is -2.17. The molecular formula is C16H29N7O7S. The van der Waals surface area contributed by atoms with E-state index in [1.165, 1.54) is 0 Å². The molecule has 0 saturated carbocycles. The molecule has 0 aliphatic carbocycles. The summed E-state index contributed by atoms with van der Waals surface area (Å²) in [5.74, 6) is -3.24. The van der Waals surface area contributed by atoms with Crippen LogP contribution >= 0.6 is 0 Å². The van der Waals surface area contributed by atoms with Crippen molar-refractivity contribution >= 4 is 39.8 Å². The number of nitrogens with two attached hydrogens (primary N) is 2. The van der Waals surface area contributed by atoms with Gasteiger partial charge in [0.05, 0.1) is 5.75 Å². The van der Waals surface area contributed by atoms with Crippen LogP contribution in [0.5, 0.6) is 0 Å². The van der Waals surface area contributed by atoms with Gasteiger partial charge in [0.15, 0.2) is 5.96 Å². The number of amides is 4. The van der Waals surface area contributed by atoms with E-state index in [-0.39, 0.29) is 24.7 Å². The largest absolute Gasteiger partial charge is 0.480 e. The maximum absolute atomic E-state index is 12.3. The summed E-state index contributed by atoms with van der Waals surface area (Å²) in [6, 6.07) is -3.18. The molecule has 1 unspecified atom stereocenters. The molecule has 0 bridgehead atoms. The quantitative estimate of drug-likeness (QED) is 0.0678. The van der Waals surface area contributed by atoms with Gasteiger partial charge in [-0.1, -0.05) is 13.3 Å². The molecular weight excluding hydrogens is 434 g/mol. The van der Waals surface area contributed by atoms with Gasteiger partial charge in [0.2, 0.25) is 15.9 Å². The van der Waals surface area contributed by atoms with Crippen molar-refractivity contribution in [3.63, 3.8) is 0 Å². The summed E-state index contributed by atoms with van der Waals surface area (Å²) >= 11 is 0. The number of sulfonamides is 1. The molecule has 8 N–H and O–H groups in total. The number of hydrogen-bond donors (Lipinski definition) is 6. The van der Waals surface area contributed by atoms with Gasteiger partial charge in [0, 0.05) is 13.1 Å². The molecule has 31 heavy (non-hydrogen) atoms. The minimum absolute atomic E-state index is 0.0904. The highest BCUT2D eigenvalue weighted by atomic mass is 32.2. The Morgan fingerprint density at radius 2 is 1.97 bits per heavy atom. The summed E-state index contributed by atoms with van der Waals surface area (Å²) in [5, 5.41) is 13.8. The van der Waals surface area contributed by atoms with E-state index >= 15 is 0 Å². The van der Waals surface area contributed by atoms with Crippen LogP contribution in [0, 0.1) is 0 Å². The van der Waals surface area contributed by atoms with Crippen molar-refractivity contribution < 1.29 is 32.7 Å². The molecule has 0 aromatic rings. The number of imide groups is 1. The maximum Gasteiger partial charge on any atom is 0.325 e. The molecule has 2 atom stereocenters. The standard InChI is InChI=1S/C16H29N7O7S/c1-2-3-7-31(29,30)22-11(14(26)27)8-20-12(24)9-23-13(25)10(21-16(23)28)5-4-6-19-15(17)18/h10-11,22H,2-9H2,1H3,(H,20,24)(H,21,28)(H,26,27)(H4,17,18,19)/t10-,11?/m0/s1. The average Bonchev–Trinajstić information content (AvgIpc) is 2.94. The number of nitrogens with zero attached hydrogens (tertiary/aromatic N) is 2. The van der Waals surface area contributed by atoms with E-state index in [4.69, 9.17) is 11.5 Å². The number of aliphatic imine (C=N–C) groups is 1. The van der Waals surface area contributed by atoms with Gasteiger partial charge in [-0.3, -0.25) is 24.3 Å². The van der Waals surface area contributed by atoms with Crippen LogP contribution in [0.4, 0.5) is 4.79 Å². The van der Waals surface area contributed by atoms with Crippen LogP contribution < -0.4 is 26.8 Å². The van der Waals surface area contributed by atoms with Gasteiger partial charge >= 0.3 is 12.0 Å². The van der Waals surface area contributed by atoms with E-state index in [9.17, 15) is 32.7 Å². The normalized spacial score (nSPS) is 17.2. The lowest BCUT2D eigenvalue weighted by molar-refractivity contribution is -0.139. The second kappa shape index (κ2) is 12.0. The van der Waals surface area contributed by atoms with Crippen LogP contribution in [0.2, 0.25) is 0 Å². The molecule has 1 aliphatic heterocycles. The van der Waals surface area contributed by atoms with E-state index < -0.39 is 59.0 Å². The fourth-order valence-electron chi connectivity index (χ4n) is 2.63. The van der Waals surface area contributed by atoms with Gasteiger partial charge in [-0.2, -0.15) is 4.72 Å². The van der Waals surface area contributed by atoms with Gasteiger partial charge in [-0.15, -0.1) is 0 Å². The first kappa shape index (κ1) is 26.1. The van der Waals surface area contributed by atoms with Gasteiger partial charge in [-0.25, -0.2) is 13.2 Å². The SMILES string of the molecule is CCCCS(=O)(=O)NC(CNC(=O)CN1C(=O)N[C@@H](CCCN=C(N)N)C1=O)C(=O)O. The van der Waals surface area contributed by atoms with E-state index in [0.29, 0.717) is 24.2 Å². The zero-order valence-corrected chi connectivity index (χ0v) is 18.0. The molecule has 1 heterocycles. The van der Waals surface area contributed by atoms with Gasteiger partial charge in [0.25, 0.3) is 5.91 Å². The van der Waals surface area contributed by atoms with Crippen molar-refractivity contribution in [3.05, 3.63) is 0 Å². The Hall–Kier alpha value is -2.94. The molecule has 0 aromatic heterocycles. The second-order valence-electron chi connectivity index (χ2n) is 6.86. The Labute approximate surface area is 179 Å². The predicted molar refractivity (Wildman–Crippen MR) is 110 cm³/mol. The van der Waals surface area contributed by atoms with E-state index in [2.05, 4.69) is 15.6 Å². The Morgan fingerprint density at radius 1 is 1.29 bits per heavy atom. The number of hydrogen-bond acceptors (Lipinski definition) is 7. The fraction of sp³-hybridized carbons (Fsp3) is 0.688. The van der Waals surface area contributed by atoms with Crippen LogP contribution in [0.1, 0.15) is 32.6 Å². The zero-order valence-electron chi connectivity index (χ0n) is 17.2. The first-order valence-corrected chi connectivity index (χ1v) is 11.3. The molecule has 1 fully saturated rings. The molecule has 0 aromatic carbocycles. The van der Waals surface area contributed by atoms with E-state index in [0.717, 1.165) is 0 Å². The van der Waals surface area contributed by atoms with Gasteiger partial charge in [0.1, 0.15) is 18.6 Å². The monoisotopic (exact) mass is 463 g/mol. The van der Waals surface area contributed by atoms with Crippen LogP contribution in [0.15, 0.2) is 4.99 Å². The zero-order chi connectivity index (χ0) is 23.6. The number of urea groups is 1. The van der Waals surface area contributed by atoms with E-state index in [1.807, 2.05) is 4.72 Å². The number of unbranched alkanes of at least 4 members (excludes halogenated alkanes) is 1. The minimum Gasteiger partial charge on any atom is -0.480 e. The number of carbonyl (C=O) groups is 4. The van der Waals surface area contributed by atoms with Crippen molar-refractivity contribution in [1.82, 2.24) is 20.3 Å². The number of carbonyl (C=O) groups excluding carboxylic acids is 3. The molecule has 0 radical (unpaired) electrons. The minimum atomic E-state index is -3.84. The smallest absolute Gasteiger partial charge is 0.325 e. The Kier molecular flexibility index (Phi) is 10.1. The topological polar surface area (TPSA) is 226 Å². The van der Waals surface area contributed by atoms with Crippen LogP contribution in [0.25, 0.3) is 0 Å². The highest BCUT2D eigenvalue weighted by Crippen LogP contribution is 2.11. The van der Waals surface area contributed by atoms with Crippen molar-refractivity contribution in [2.75, 3.05) is 25.4 Å². The lowest BCUT2D eigenvalue weighted by Crippen LogP contribution is -2.50. The molecule has 15 heteroatoms. The van der Waals surface area contributed by atoms with Gasteiger partial charge < -0.3 is 27.2 Å². The van der Waals surface area contributed by atoms with Crippen molar-refractivity contribution in [2.24, 2.45) is 16.5 Å². The van der Waals surface area contributed by atoms with Crippen LogP contribution in [0.3, 0.4) is 0 Å². The van der Waals surface area contributed by atoms with Crippen molar-refractivity contribution in [1.29, 1.82) is 0 Å². The van der Waals surface area contributed by atoms with Crippen LogP contribution in [-0.2, 0) is 24.4 Å². The molecule has 176 valence electrons. The van der Waals surface area contributed by atoms with Gasteiger partial charge in [-0.05, 0) is 19.3 Å². The Morgan fingerprint density at radius 3 is 2.55 bits per heavy atom. The molecule has 14 nitrogen and oxygen atoms in total. The Balaban J connectivity index is 2.56. The van der Waals surface area contributed by atoms with Crippen molar-refractivity contribution in [2.45, 2.75) is 44.7 Å². The summed E-state index contributed by atoms with van der Waals surface area (Å²) in [6.07, 6.45) is 1.65. The summed E-state index contributed by atoms with van der Waals surface area (Å²) in [6.45, 7) is 0.872. The number of carboxylic acid groups (broad SMARTS) is 1. The highest BCUT2D eigenvalue weighted by Gasteiger charge is 2.38. The fourth-order valence-corrected chi connectivity index (χ4v) is 4.03. The first-order chi connectivity index (χ1) is 14.5. The first-order valence-electron chi connectivity index (χ1n) is 9.63. The third-order valence-corrected chi connectivity index (χ3v) is 5.71. The molecule has 1 rings (SSSR count). The average molecular weight is 464 g/mol. The molecule has 4 amide bonds. The molecule has 1 aliphatic rings.